The molecule has 0 aliphatic carbocycles. The summed E-state index contributed by atoms with van der Waals surface area (Å²) < 4.78 is 34.4. The van der Waals surface area contributed by atoms with Crippen LogP contribution in [-0.2, 0) is 29.5 Å². The minimum atomic E-state index is -3.64. The number of ether oxygens (including phenoxy) is 1. The second-order valence-electron chi connectivity index (χ2n) is 5.42. The molecule has 0 radical (unpaired) electrons. The van der Waals surface area contributed by atoms with Gasteiger partial charge in [-0.15, -0.1) is 0 Å². The van der Waals surface area contributed by atoms with E-state index in [1.165, 1.54) is 19.2 Å². The fraction of sp³-hybridized carbons (Fsp3) is 0.400. The number of nitrogens with one attached hydrogen (secondary N) is 1. The summed E-state index contributed by atoms with van der Waals surface area (Å²) in [5, 5.41) is 4.57. The molecule has 0 spiro atoms. The molecule has 0 bridgehead atoms. The van der Waals surface area contributed by atoms with Crippen molar-refractivity contribution < 1.29 is 13.2 Å². The summed E-state index contributed by atoms with van der Waals surface area (Å²) >= 11 is 6.00. The number of aryl methyl sites for hydroxylation is 1. The average Bonchev–Trinajstić information content (AvgIpc) is 2.96. The Labute approximate surface area is 140 Å². The van der Waals surface area contributed by atoms with Crippen molar-refractivity contribution >= 4 is 21.6 Å². The molecule has 0 fully saturated rings. The van der Waals surface area contributed by atoms with Crippen molar-refractivity contribution in [1.29, 1.82) is 0 Å². The summed E-state index contributed by atoms with van der Waals surface area (Å²) in [5.41, 5.74) is 2.04. The first kappa shape index (κ1) is 16.3. The van der Waals surface area contributed by atoms with Crippen molar-refractivity contribution in [3.8, 4) is 5.75 Å². The molecule has 1 aromatic heterocycles. The molecule has 8 heteroatoms. The van der Waals surface area contributed by atoms with Crippen molar-refractivity contribution in [2.75, 3.05) is 7.11 Å². The van der Waals surface area contributed by atoms with E-state index in [0.29, 0.717) is 5.75 Å². The lowest BCUT2D eigenvalue weighted by Gasteiger charge is -2.15. The van der Waals surface area contributed by atoms with Crippen molar-refractivity contribution in [1.82, 2.24) is 14.5 Å². The second kappa shape index (κ2) is 6.51. The quantitative estimate of drug-likeness (QED) is 0.893. The van der Waals surface area contributed by atoms with Crippen LogP contribution in [0.15, 0.2) is 29.3 Å². The maximum Gasteiger partial charge on any atom is 0.240 e. The van der Waals surface area contributed by atoms with Gasteiger partial charge in [-0.1, -0.05) is 11.6 Å². The molecule has 124 valence electrons. The first-order valence-corrected chi connectivity index (χ1v) is 9.24. The van der Waals surface area contributed by atoms with Crippen LogP contribution in [0, 0.1) is 0 Å². The zero-order valence-electron chi connectivity index (χ0n) is 12.8. The number of hydrogen-bond donors (Lipinski definition) is 1. The van der Waals surface area contributed by atoms with E-state index in [4.69, 9.17) is 16.3 Å². The Balaban J connectivity index is 1.76. The number of halogens is 1. The Morgan fingerprint density at radius 2 is 2.22 bits per heavy atom. The van der Waals surface area contributed by atoms with Crippen LogP contribution in [0.5, 0.6) is 5.75 Å². The molecule has 2 aromatic rings. The van der Waals surface area contributed by atoms with Crippen LogP contribution in [-0.4, -0.2) is 25.3 Å². The standard InChI is InChI=1S/C15H18ClN3O3S/c1-22-15-6-5-12(8-13(15)16)23(20,21)18-10-11-9-17-19-7-3-2-4-14(11)19/h5-6,8-9,18H,2-4,7,10H2,1H3. The highest BCUT2D eigenvalue weighted by Crippen LogP contribution is 2.27. The Morgan fingerprint density at radius 1 is 1.39 bits per heavy atom. The molecule has 1 N–H and O–H groups in total. The van der Waals surface area contributed by atoms with E-state index in [1.807, 2.05) is 4.68 Å². The lowest BCUT2D eigenvalue weighted by Crippen LogP contribution is -2.24. The SMILES string of the molecule is COc1ccc(S(=O)(=O)NCc2cnn3c2CCCC3)cc1Cl. The lowest BCUT2D eigenvalue weighted by molar-refractivity contribution is 0.414. The predicted molar refractivity (Wildman–Crippen MR) is 87.2 cm³/mol. The molecule has 0 saturated heterocycles. The van der Waals surface area contributed by atoms with Crippen LogP contribution in [0.1, 0.15) is 24.1 Å². The molecule has 0 saturated carbocycles. The number of fused-ring (bicyclic) bond motifs is 1. The number of hydrogen-bond acceptors (Lipinski definition) is 4. The van der Waals surface area contributed by atoms with Gasteiger partial charge < -0.3 is 4.74 Å². The summed E-state index contributed by atoms with van der Waals surface area (Å²) in [6, 6.07) is 4.40. The Bertz CT molecular complexity index is 817. The third-order valence-corrected chi connectivity index (χ3v) is 5.65. The van der Waals surface area contributed by atoms with Crippen LogP contribution in [0.25, 0.3) is 0 Å². The number of aromatic nitrogens is 2. The van der Waals surface area contributed by atoms with Crippen LogP contribution in [0.4, 0.5) is 0 Å². The molecular formula is C15H18ClN3O3S. The van der Waals surface area contributed by atoms with Crippen molar-refractivity contribution in [3.05, 3.63) is 40.7 Å². The molecule has 6 nitrogen and oxygen atoms in total. The molecule has 0 amide bonds. The van der Waals surface area contributed by atoms with Gasteiger partial charge in [0.2, 0.25) is 10.0 Å². The zero-order valence-corrected chi connectivity index (χ0v) is 14.3. The van der Waals surface area contributed by atoms with Gasteiger partial charge in [-0.3, -0.25) is 4.68 Å². The van der Waals surface area contributed by atoms with Crippen LogP contribution in [0.2, 0.25) is 5.02 Å². The van der Waals surface area contributed by atoms with E-state index in [-0.39, 0.29) is 16.5 Å². The molecule has 0 atom stereocenters. The van der Waals surface area contributed by atoms with E-state index in [1.54, 1.807) is 12.3 Å². The minimum absolute atomic E-state index is 0.115. The number of sulfonamides is 1. The van der Waals surface area contributed by atoms with Crippen molar-refractivity contribution in [3.63, 3.8) is 0 Å². The van der Waals surface area contributed by atoms with Gasteiger partial charge in [0.15, 0.2) is 0 Å². The van der Waals surface area contributed by atoms with E-state index in [2.05, 4.69) is 9.82 Å². The first-order chi connectivity index (χ1) is 11.0. The maximum absolute atomic E-state index is 12.4. The Hall–Kier alpha value is -1.57. The predicted octanol–water partition coefficient (Wildman–Crippen LogP) is 2.36. The fourth-order valence-electron chi connectivity index (χ4n) is 2.70. The van der Waals surface area contributed by atoms with Crippen LogP contribution >= 0.6 is 11.6 Å². The van der Waals surface area contributed by atoms with E-state index in [9.17, 15) is 8.42 Å². The first-order valence-electron chi connectivity index (χ1n) is 7.38. The summed E-state index contributed by atoms with van der Waals surface area (Å²) in [6.45, 7) is 1.12. The van der Waals surface area contributed by atoms with E-state index < -0.39 is 10.0 Å². The van der Waals surface area contributed by atoms with Gasteiger partial charge in [-0.2, -0.15) is 5.10 Å². The van der Waals surface area contributed by atoms with Crippen LogP contribution < -0.4 is 9.46 Å². The molecule has 1 aliphatic heterocycles. The van der Waals surface area contributed by atoms with Gasteiger partial charge in [0.25, 0.3) is 0 Å². The highest BCUT2D eigenvalue weighted by Gasteiger charge is 2.19. The van der Waals surface area contributed by atoms with Crippen molar-refractivity contribution in [2.45, 2.75) is 37.2 Å². The number of benzene rings is 1. The van der Waals surface area contributed by atoms with Gasteiger partial charge in [-0.05, 0) is 37.5 Å². The topological polar surface area (TPSA) is 73.2 Å². The number of methoxy groups -OCH3 is 1. The number of rotatable bonds is 5. The normalized spacial score (nSPS) is 14.5. The monoisotopic (exact) mass is 355 g/mol. The van der Waals surface area contributed by atoms with E-state index >= 15 is 0 Å². The minimum Gasteiger partial charge on any atom is -0.495 e. The highest BCUT2D eigenvalue weighted by atomic mass is 35.5. The second-order valence-corrected chi connectivity index (χ2v) is 7.59. The summed E-state index contributed by atoms with van der Waals surface area (Å²) in [7, 11) is -2.15. The Kier molecular flexibility index (Phi) is 4.61. The average molecular weight is 356 g/mol. The fourth-order valence-corrected chi connectivity index (χ4v) is 4.06. The third-order valence-electron chi connectivity index (χ3n) is 3.95. The summed E-state index contributed by atoms with van der Waals surface area (Å²) in [5.74, 6) is 0.441. The third kappa shape index (κ3) is 3.36. The van der Waals surface area contributed by atoms with Crippen LogP contribution in [0.3, 0.4) is 0 Å². The molecule has 1 aromatic carbocycles. The maximum atomic E-state index is 12.4. The van der Waals surface area contributed by atoms with Gasteiger partial charge in [0.05, 0.1) is 23.2 Å². The van der Waals surface area contributed by atoms with Crippen molar-refractivity contribution in [2.24, 2.45) is 0 Å². The van der Waals surface area contributed by atoms with E-state index in [0.717, 1.165) is 37.1 Å². The molecule has 2 heterocycles. The largest absolute Gasteiger partial charge is 0.495 e. The Morgan fingerprint density at radius 3 is 2.96 bits per heavy atom. The molecule has 1 aliphatic rings. The number of nitrogens with zero attached hydrogens (tertiary/aromatic N) is 2. The molecule has 23 heavy (non-hydrogen) atoms. The molecular weight excluding hydrogens is 338 g/mol. The highest BCUT2D eigenvalue weighted by molar-refractivity contribution is 7.89. The zero-order chi connectivity index (χ0) is 16.4. The molecule has 0 unspecified atom stereocenters. The van der Waals surface area contributed by atoms with Gasteiger partial charge in [0.1, 0.15) is 5.75 Å². The summed E-state index contributed by atoms with van der Waals surface area (Å²) in [6.07, 6.45) is 4.90. The summed E-state index contributed by atoms with van der Waals surface area (Å²) in [4.78, 5) is 0.115. The smallest absolute Gasteiger partial charge is 0.240 e. The lowest BCUT2D eigenvalue weighted by atomic mass is 10.1. The van der Waals surface area contributed by atoms with Gasteiger partial charge >= 0.3 is 0 Å². The molecule has 3 rings (SSSR count). The van der Waals surface area contributed by atoms with Gasteiger partial charge in [-0.25, -0.2) is 13.1 Å². The van der Waals surface area contributed by atoms with Gasteiger partial charge in [0, 0.05) is 24.3 Å².